The molecule has 8 heteroatoms. The number of rotatable bonds is 5. The van der Waals surface area contributed by atoms with Gasteiger partial charge in [-0.15, -0.1) is 0 Å². The molecule has 0 unspecified atom stereocenters. The van der Waals surface area contributed by atoms with Crippen LogP contribution in [0.3, 0.4) is 0 Å². The highest BCUT2D eigenvalue weighted by molar-refractivity contribution is 7.92. The fourth-order valence-electron chi connectivity index (χ4n) is 2.81. The van der Waals surface area contributed by atoms with Crippen LogP contribution in [0.5, 0.6) is 0 Å². The molecule has 1 fully saturated rings. The SMILES string of the molecule is CN=C(NCCS(=O)(=O)Nc1ccc(C)c(F)c1)N1CCC(C)(C)C1. The molecule has 0 aliphatic carbocycles. The average Bonchev–Trinajstić information content (AvgIpc) is 2.87. The lowest BCUT2D eigenvalue weighted by molar-refractivity contribution is 0.370. The fraction of sp³-hybridized carbons (Fsp3) is 0.588. The Morgan fingerprint density at radius 1 is 1.40 bits per heavy atom. The van der Waals surface area contributed by atoms with Crippen molar-refractivity contribution in [1.29, 1.82) is 0 Å². The molecule has 1 aromatic rings. The quantitative estimate of drug-likeness (QED) is 0.615. The predicted octanol–water partition coefficient (Wildman–Crippen LogP) is 2.18. The van der Waals surface area contributed by atoms with E-state index < -0.39 is 15.8 Å². The van der Waals surface area contributed by atoms with Crippen LogP contribution >= 0.6 is 0 Å². The van der Waals surface area contributed by atoms with Crippen molar-refractivity contribution >= 4 is 21.7 Å². The van der Waals surface area contributed by atoms with Crippen molar-refractivity contribution in [3.63, 3.8) is 0 Å². The lowest BCUT2D eigenvalue weighted by atomic mass is 9.93. The summed E-state index contributed by atoms with van der Waals surface area (Å²) in [5.74, 6) is 0.149. The van der Waals surface area contributed by atoms with Crippen LogP contribution in [0.15, 0.2) is 23.2 Å². The molecule has 140 valence electrons. The lowest BCUT2D eigenvalue weighted by Crippen LogP contribution is -2.42. The molecule has 1 saturated heterocycles. The normalized spacial score (nSPS) is 17.6. The molecule has 0 bridgehead atoms. The summed E-state index contributed by atoms with van der Waals surface area (Å²) in [5.41, 5.74) is 0.941. The molecule has 1 aliphatic rings. The first-order chi connectivity index (χ1) is 11.6. The summed E-state index contributed by atoms with van der Waals surface area (Å²) in [6.45, 7) is 8.06. The zero-order valence-corrected chi connectivity index (χ0v) is 16.1. The summed E-state index contributed by atoms with van der Waals surface area (Å²) in [4.78, 5) is 6.36. The summed E-state index contributed by atoms with van der Waals surface area (Å²) < 4.78 is 40.3. The second-order valence-corrected chi connectivity index (χ2v) is 9.04. The Bertz CT molecular complexity index is 747. The van der Waals surface area contributed by atoms with Crippen molar-refractivity contribution in [3.8, 4) is 0 Å². The van der Waals surface area contributed by atoms with Crippen LogP contribution < -0.4 is 10.0 Å². The van der Waals surface area contributed by atoms with Crippen molar-refractivity contribution < 1.29 is 12.8 Å². The van der Waals surface area contributed by atoms with Gasteiger partial charge in [-0.3, -0.25) is 9.71 Å². The van der Waals surface area contributed by atoms with Crippen molar-refractivity contribution in [3.05, 3.63) is 29.6 Å². The highest BCUT2D eigenvalue weighted by atomic mass is 32.2. The number of guanidine groups is 1. The Hall–Kier alpha value is -1.83. The van der Waals surface area contributed by atoms with Crippen LogP contribution in [0.1, 0.15) is 25.8 Å². The zero-order valence-electron chi connectivity index (χ0n) is 15.3. The van der Waals surface area contributed by atoms with E-state index in [0.29, 0.717) is 11.5 Å². The summed E-state index contributed by atoms with van der Waals surface area (Å²) >= 11 is 0. The zero-order chi connectivity index (χ0) is 18.7. The Morgan fingerprint density at radius 3 is 2.68 bits per heavy atom. The van der Waals surface area contributed by atoms with Gasteiger partial charge in [-0.25, -0.2) is 12.8 Å². The molecule has 1 aromatic carbocycles. The van der Waals surface area contributed by atoms with Gasteiger partial charge in [0.25, 0.3) is 0 Å². The van der Waals surface area contributed by atoms with E-state index in [-0.39, 0.29) is 23.4 Å². The summed E-state index contributed by atoms with van der Waals surface area (Å²) in [6.07, 6.45) is 1.08. The van der Waals surface area contributed by atoms with Crippen molar-refractivity contribution in [2.24, 2.45) is 10.4 Å². The van der Waals surface area contributed by atoms with E-state index in [0.717, 1.165) is 19.5 Å². The summed E-state index contributed by atoms with van der Waals surface area (Å²) in [5, 5.41) is 3.09. The van der Waals surface area contributed by atoms with Crippen LogP contribution in [0.2, 0.25) is 0 Å². The molecule has 6 nitrogen and oxygen atoms in total. The van der Waals surface area contributed by atoms with Crippen LogP contribution in [-0.2, 0) is 10.0 Å². The first kappa shape index (κ1) is 19.5. The van der Waals surface area contributed by atoms with Crippen molar-refractivity contribution in [2.75, 3.05) is 37.2 Å². The Morgan fingerprint density at radius 2 is 2.12 bits per heavy atom. The van der Waals surface area contributed by atoms with E-state index in [1.54, 1.807) is 26.1 Å². The third-order valence-electron chi connectivity index (χ3n) is 4.29. The molecule has 2 N–H and O–H groups in total. The number of nitrogens with zero attached hydrogens (tertiary/aromatic N) is 2. The van der Waals surface area contributed by atoms with E-state index in [2.05, 4.69) is 33.8 Å². The molecular weight excluding hydrogens is 343 g/mol. The van der Waals surface area contributed by atoms with Gasteiger partial charge in [0.15, 0.2) is 5.96 Å². The maximum absolute atomic E-state index is 13.5. The molecule has 0 amide bonds. The third kappa shape index (κ3) is 5.59. The molecule has 2 rings (SSSR count). The monoisotopic (exact) mass is 370 g/mol. The number of aliphatic imine (C=N–C) groups is 1. The standard InChI is InChI=1S/C17H27FN4O2S/c1-13-5-6-14(11-15(13)18)21-25(23,24)10-8-20-16(19-4)22-9-7-17(2,3)12-22/h5-6,11,21H,7-10,12H2,1-4H3,(H,19,20). The Labute approximate surface area is 149 Å². The number of aryl methyl sites for hydroxylation is 1. The van der Waals surface area contributed by atoms with E-state index in [1.165, 1.54) is 6.07 Å². The molecule has 0 radical (unpaired) electrons. The number of halogens is 1. The molecule has 25 heavy (non-hydrogen) atoms. The van der Waals surface area contributed by atoms with Gasteiger partial charge in [0.05, 0.1) is 11.4 Å². The second-order valence-electron chi connectivity index (χ2n) is 7.19. The van der Waals surface area contributed by atoms with Gasteiger partial charge in [-0.1, -0.05) is 19.9 Å². The minimum Gasteiger partial charge on any atom is -0.355 e. The van der Waals surface area contributed by atoms with Crippen LogP contribution in [0.25, 0.3) is 0 Å². The molecule has 0 atom stereocenters. The number of likely N-dealkylation sites (tertiary alicyclic amines) is 1. The van der Waals surface area contributed by atoms with Gasteiger partial charge < -0.3 is 10.2 Å². The van der Waals surface area contributed by atoms with Crippen molar-refractivity contribution in [2.45, 2.75) is 27.2 Å². The number of benzene rings is 1. The minimum absolute atomic E-state index is 0.126. The van der Waals surface area contributed by atoms with Gasteiger partial charge in [0.2, 0.25) is 10.0 Å². The van der Waals surface area contributed by atoms with Gasteiger partial charge in [0.1, 0.15) is 5.82 Å². The maximum Gasteiger partial charge on any atom is 0.234 e. The third-order valence-corrected chi connectivity index (χ3v) is 5.58. The number of hydrogen-bond donors (Lipinski definition) is 2. The highest BCUT2D eigenvalue weighted by Gasteiger charge is 2.30. The second kappa shape index (κ2) is 7.59. The van der Waals surface area contributed by atoms with E-state index in [9.17, 15) is 12.8 Å². The summed E-state index contributed by atoms with van der Waals surface area (Å²) in [7, 11) is -1.88. The van der Waals surface area contributed by atoms with E-state index in [4.69, 9.17) is 0 Å². The highest BCUT2D eigenvalue weighted by Crippen LogP contribution is 2.28. The molecule has 0 saturated carbocycles. The number of anilines is 1. The van der Waals surface area contributed by atoms with Crippen LogP contribution in [0.4, 0.5) is 10.1 Å². The summed E-state index contributed by atoms with van der Waals surface area (Å²) in [6, 6.07) is 4.28. The molecule has 1 heterocycles. The van der Waals surface area contributed by atoms with Crippen molar-refractivity contribution in [1.82, 2.24) is 10.2 Å². The number of hydrogen-bond acceptors (Lipinski definition) is 3. The molecule has 0 aromatic heterocycles. The first-order valence-electron chi connectivity index (χ1n) is 8.34. The van der Waals surface area contributed by atoms with E-state index >= 15 is 0 Å². The smallest absolute Gasteiger partial charge is 0.234 e. The van der Waals surface area contributed by atoms with Gasteiger partial charge in [0, 0.05) is 26.7 Å². The average molecular weight is 370 g/mol. The van der Waals surface area contributed by atoms with Gasteiger partial charge in [-0.2, -0.15) is 0 Å². The topological polar surface area (TPSA) is 73.8 Å². The fourth-order valence-corrected chi connectivity index (χ4v) is 3.77. The largest absolute Gasteiger partial charge is 0.355 e. The maximum atomic E-state index is 13.5. The van der Waals surface area contributed by atoms with E-state index in [1.807, 2.05) is 0 Å². The number of nitrogens with one attached hydrogen (secondary N) is 2. The molecule has 1 aliphatic heterocycles. The predicted molar refractivity (Wildman–Crippen MR) is 99.9 cm³/mol. The van der Waals surface area contributed by atoms with Crippen LogP contribution in [-0.4, -0.2) is 51.7 Å². The van der Waals surface area contributed by atoms with Gasteiger partial charge >= 0.3 is 0 Å². The molecule has 0 spiro atoms. The Kier molecular flexibility index (Phi) is 5.92. The number of sulfonamides is 1. The first-order valence-corrected chi connectivity index (χ1v) is 9.99. The lowest BCUT2D eigenvalue weighted by Gasteiger charge is -2.23. The van der Waals surface area contributed by atoms with Gasteiger partial charge in [-0.05, 0) is 36.5 Å². The molecular formula is C17H27FN4O2S. The Balaban J connectivity index is 1.88. The van der Waals surface area contributed by atoms with Crippen LogP contribution in [0, 0.1) is 18.2 Å². The minimum atomic E-state index is -3.57.